The lowest BCUT2D eigenvalue weighted by Gasteiger charge is -2.13. The van der Waals surface area contributed by atoms with Gasteiger partial charge in [-0.3, -0.25) is 0 Å². The van der Waals surface area contributed by atoms with Gasteiger partial charge in [0.05, 0.1) is 36.5 Å². The Labute approximate surface area is 209 Å². The molecule has 36 heavy (non-hydrogen) atoms. The van der Waals surface area contributed by atoms with Crippen LogP contribution in [0.1, 0.15) is 23.0 Å². The number of benzene rings is 3. The molecule has 9 heteroatoms. The van der Waals surface area contributed by atoms with E-state index in [1.807, 2.05) is 47.0 Å². The zero-order valence-electron chi connectivity index (χ0n) is 19.5. The first kappa shape index (κ1) is 22.1. The Morgan fingerprint density at radius 2 is 1.92 bits per heavy atom. The molecule has 1 N–H and O–H groups in total. The van der Waals surface area contributed by atoms with E-state index in [9.17, 15) is 9.90 Å². The summed E-state index contributed by atoms with van der Waals surface area (Å²) in [6.07, 6.45) is 0. The van der Waals surface area contributed by atoms with E-state index in [1.165, 1.54) is 13.2 Å². The second-order valence-electron chi connectivity index (χ2n) is 8.28. The molecule has 6 rings (SSSR count). The highest BCUT2D eigenvalue weighted by molar-refractivity contribution is 7.00. The molecule has 0 spiro atoms. The molecule has 3 aromatic heterocycles. The van der Waals surface area contributed by atoms with E-state index in [4.69, 9.17) is 13.9 Å². The van der Waals surface area contributed by atoms with Gasteiger partial charge in [-0.2, -0.15) is 8.75 Å². The summed E-state index contributed by atoms with van der Waals surface area (Å²) in [4.78, 5) is 13.4. The maximum absolute atomic E-state index is 13.4. The van der Waals surface area contributed by atoms with Gasteiger partial charge < -0.3 is 23.6 Å². The summed E-state index contributed by atoms with van der Waals surface area (Å²) in [7, 11) is 1.53. The number of fused-ring (bicyclic) bond motifs is 4. The molecule has 180 valence electrons. The Balaban J connectivity index is 1.68. The Kier molecular flexibility index (Phi) is 5.34. The average Bonchev–Trinajstić information content (AvgIpc) is 3.57. The van der Waals surface area contributed by atoms with Gasteiger partial charge in [-0.05, 0) is 48.9 Å². The van der Waals surface area contributed by atoms with Crippen molar-refractivity contribution in [3.8, 4) is 22.6 Å². The molecule has 0 atom stereocenters. The van der Waals surface area contributed by atoms with Crippen molar-refractivity contribution in [3.05, 3.63) is 71.9 Å². The third-order valence-electron chi connectivity index (χ3n) is 6.17. The van der Waals surface area contributed by atoms with Crippen molar-refractivity contribution in [1.82, 2.24) is 13.3 Å². The Bertz CT molecular complexity index is 1760. The normalized spacial score (nSPS) is 11.5. The van der Waals surface area contributed by atoms with Crippen LogP contribution in [0.25, 0.3) is 44.2 Å². The number of esters is 1. The number of para-hydroxylation sites is 1. The second-order valence-corrected chi connectivity index (χ2v) is 8.80. The molecule has 0 aliphatic carbocycles. The Morgan fingerprint density at radius 3 is 2.72 bits per heavy atom. The predicted octanol–water partition coefficient (Wildman–Crippen LogP) is 6.00. The van der Waals surface area contributed by atoms with E-state index in [0.717, 1.165) is 39.2 Å². The van der Waals surface area contributed by atoms with Gasteiger partial charge in [-0.25, -0.2) is 4.79 Å². The number of phenolic OH excluding ortho intramolecular Hbond substituents is 1. The molecule has 3 aromatic carbocycles. The zero-order chi connectivity index (χ0) is 24.8. The first-order valence-corrected chi connectivity index (χ1v) is 12.1. The summed E-state index contributed by atoms with van der Waals surface area (Å²) >= 11 is 1.16. The topological polar surface area (TPSA) is 99.6 Å². The lowest BCUT2D eigenvalue weighted by Crippen LogP contribution is -2.14. The molecular weight excluding hydrogens is 478 g/mol. The highest BCUT2D eigenvalue weighted by atomic mass is 32.1. The minimum atomic E-state index is -0.505. The third kappa shape index (κ3) is 3.47. The number of furan rings is 1. The van der Waals surface area contributed by atoms with Gasteiger partial charge in [-0.1, -0.05) is 18.2 Å². The maximum Gasteiger partial charge on any atom is 0.355 e. The average molecular weight is 500 g/mol. The molecular formula is C27H21N3O5S. The van der Waals surface area contributed by atoms with Crippen molar-refractivity contribution < 1.29 is 23.8 Å². The van der Waals surface area contributed by atoms with Crippen molar-refractivity contribution >= 4 is 50.8 Å². The van der Waals surface area contributed by atoms with Crippen LogP contribution in [-0.4, -0.2) is 38.1 Å². The number of phenols is 1. The van der Waals surface area contributed by atoms with Crippen molar-refractivity contribution in [1.29, 1.82) is 0 Å². The first-order chi connectivity index (χ1) is 17.6. The summed E-state index contributed by atoms with van der Waals surface area (Å²) in [5.74, 6) is -0.0385. The molecule has 0 saturated heterocycles. The SMILES string of the molecule is CCOC(=O)c1c(-c2ccc(OC)cc2O)c2oc3ccccc3c2n1Cc1ccc2nsnc2c1. The minimum Gasteiger partial charge on any atom is -0.507 e. The third-order valence-corrected chi connectivity index (χ3v) is 6.73. The van der Waals surface area contributed by atoms with E-state index in [0.29, 0.717) is 40.3 Å². The number of methoxy groups -OCH3 is 1. The second kappa shape index (κ2) is 8.69. The van der Waals surface area contributed by atoms with Gasteiger partial charge in [0.15, 0.2) is 5.58 Å². The highest BCUT2D eigenvalue weighted by Gasteiger charge is 2.30. The van der Waals surface area contributed by atoms with Crippen LogP contribution in [0.15, 0.2) is 65.1 Å². The summed E-state index contributed by atoms with van der Waals surface area (Å²) in [5.41, 5.74) is 5.69. The molecule has 0 aliphatic heterocycles. The molecule has 0 bridgehead atoms. The smallest absolute Gasteiger partial charge is 0.355 e. The number of aromatic hydroxyl groups is 1. The number of nitrogens with zero attached hydrogens (tertiary/aromatic N) is 3. The molecule has 0 radical (unpaired) electrons. The van der Waals surface area contributed by atoms with Crippen LogP contribution in [-0.2, 0) is 11.3 Å². The lowest BCUT2D eigenvalue weighted by molar-refractivity contribution is 0.0516. The highest BCUT2D eigenvalue weighted by Crippen LogP contribution is 2.44. The van der Waals surface area contributed by atoms with E-state index >= 15 is 0 Å². The Hall–Kier alpha value is -4.37. The van der Waals surface area contributed by atoms with Gasteiger partial charge in [0.2, 0.25) is 0 Å². The molecule has 0 amide bonds. The number of ether oxygens (including phenoxy) is 2. The number of rotatable bonds is 6. The fraction of sp³-hybridized carbons (Fsp3) is 0.148. The van der Waals surface area contributed by atoms with Crippen LogP contribution < -0.4 is 4.74 Å². The number of carbonyl (C=O) groups excluding carboxylic acids is 1. The Morgan fingerprint density at radius 1 is 1.08 bits per heavy atom. The fourth-order valence-corrected chi connectivity index (χ4v) is 5.12. The minimum absolute atomic E-state index is 0.0330. The van der Waals surface area contributed by atoms with Gasteiger partial charge >= 0.3 is 5.97 Å². The standard InChI is InChI=1S/C27H21N3O5S/c1-3-34-27(32)25-23(17-10-9-16(33-2)13-21(17)31)26-24(18-6-4-5-7-22(18)35-26)30(25)14-15-8-11-19-20(12-15)29-36-28-19/h4-13,31H,3,14H2,1-2H3. The molecule has 8 nitrogen and oxygen atoms in total. The van der Waals surface area contributed by atoms with Crippen molar-refractivity contribution in [3.63, 3.8) is 0 Å². The summed E-state index contributed by atoms with van der Waals surface area (Å²) in [6, 6.07) is 18.5. The summed E-state index contributed by atoms with van der Waals surface area (Å²) in [5, 5.41) is 11.8. The van der Waals surface area contributed by atoms with Gasteiger partial charge in [-0.15, -0.1) is 0 Å². The molecule has 3 heterocycles. The quantitative estimate of drug-likeness (QED) is 0.281. The fourth-order valence-electron chi connectivity index (χ4n) is 4.60. The van der Waals surface area contributed by atoms with Gasteiger partial charge in [0.1, 0.15) is 33.8 Å². The van der Waals surface area contributed by atoms with E-state index in [1.54, 1.807) is 19.1 Å². The number of hydrogen-bond donors (Lipinski definition) is 1. The van der Waals surface area contributed by atoms with Crippen LogP contribution >= 0.6 is 11.7 Å². The van der Waals surface area contributed by atoms with Crippen LogP contribution in [0, 0.1) is 0 Å². The van der Waals surface area contributed by atoms with Crippen molar-refractivity contribution in [2.24, 2.45) is 0 Å². The van der Waals surface area contributed by atoms with Crippen LogP contribution in [0.4, 0.5) is 0 Å². The maximum atomic E-state index is 13.4. The number of carbonyl (C=O) groups is 1. The zero-order valence-corrected chi connectivity index (χ0v) is 20.3. The predicted molar refractivity (Wildman–Crippen MR) is 138 cm³/mol. The molecule has 6 aromatic rings. The van der Waals surface area contributed by atoms with E-state index in [-0.39, 0.29) is 12.4 Å². The number of aromatic nitrogens is 3. The number of hydrogen-bond acceptors (Lipinski definition) is 8. The van der Waals surface area contributed by atoms with E-state index in [2.05, 4.69) is 8.75 Å². The van der Waals surface area contributed by atoms with Gasteiger partial charge in [0.25, 0.3) is 0 Å². The monoisotopic (exact) mass is 499 g/mol. The van der Waals surface area contributed by atoms with E-state index < -0.39 is 5.97 Å². The molecule has 0 saturated carbocycles. The van der Waals surface area contributed by atoms with Crippen LogP contribution in [0.3, 0.4) is 0 Å². The molecule has 0 aliphatic rings. The van der Waals surface area contributed by atoms with Crippen molar-refractivity contribution in [2.45, 2.75) is 13.5 Å². The lowest BCUT2D eigenvalue weighted by atomic mass is 10.0. The largest absolute Gasteiger partial charge is 0.507 e. The van der Waals surface area contributed by atoms with Crippen LogP contribution in [0.2, 0.25) is 0 Å². The molecule has 0 unspecified atom stereocenters. The molecule has 0 fully saturated rings. The van der Waals surface area contributed by atoms with Crippen molar-refractivity contribution in [2.75, 3.05) is 13.7 Å². The van der Waals surface area contributed by atoms with Crippen LogP contribution in [0.5, 0.6) is 11.5 Å². The first-order valence-electron chi connectivity index (χ1n) is 11.4. The summed E-state index contributed by atoms with van der Waals surface area (Å²) in [6.45, 7) is 2.33. The van der Waals surface area contributed by atoms with Gasteiger partial charge in [0, 0.05) is 23.6 Å². The summed E-state index contributed by atoms with van der Waals surface area (Å²) < 4.78 is 27.6.